The van der Waals surface area contributed by atoms with Crippen LogP contribution >= 0.6 is 0 Å². The number of aromatic nitrogens is 1. The number of anilines is 3. The molecule has 1 fully saturated rings. The number of carbonyl (C=O) groups excluding carboxylic acids is 1. The Morgan fingerprint density at radius 2 is 1.66 bits per heavy atom. The van der Waals surface area contributed by atoms with Gasteiger partial charge in [-0.3, -0.25) is 4.79 Å². The van der Waals surface area contributed by atoms with Crippen molar-refractivity contribution < 1.29 is 9.18 Å². The molecule has 6 heteroatoms. The molecule has 4 rings (SSSR count). The summed E-state index contributed by atoms with van der Waals surface area (Å²) in [4.78, 5) is 21.2. The van der Waals surface area contributed by atoms with Crippen LogP contribution in [-0.4, -0.2) is 37.1 Å². The Labute approximate surface area is 169 Å². The molecule has 29 heavy (non-hydrogen) atoms. The van der Waals surface area contributed by atoms with Crippen molar-refractivity contribution in [3.05, 3.63) is 83.8 Å². The summed E-state index contributed by atoms with van der Waals surface area (Å²) in [6.07, 6.45) is 1.75. The number of benzene rings is 2. The maximum atomic E-state index is 13.7. The molecule has 1 saturated heterocycles. The standard InChI is InChI=1S/C23H23FN4O/c1-17-5-4-6-18(15-17)27-11-13-28(14-12-27)19-9-10-22(25-16-19)26-23(29)20-7-2-3-8-21(20)24/h2-10,15-16H,11-14H2,1H3,(H,25,26,29). The number of nitrogens with zero attached hydrogens (tertiary/aromatic N) is 3. The van der Waals surface area contributed by atoms with E-state index in [-0.39, 0.29) is 5.56 Å². The largest absolute Gasteiger partial charge is 0.368 e. The molecule has 3 aromatic rings. The topological polar surface area (TPSA) is 48.5 Å². The number of hydrogen-bond donors (Lipinski definition) is 1. The first-order valence-electron chi connectivity index (χ1n) is 9.69. The lowest BCUT2D eigenvalue weighted by Crippen LogP contribution is -2.46. The molecule has 2 aromatic carbocycles. The van der Waals surface area contributed by atoms with Crippen molar-refractivity contribution >= 4 is 23.1 Å². The Kier molecular flexibility index (Phi) is 5.42. The predicted molar refractivity (Wildman–Crippen MR) is 114 cm³/mol. The molecule has 0 bridgehead atoms. The maximum Gasteiger partial charge on any atom is 0.259 e. The van der Waals surface area contributed by atoms with Crippen LogP contribution < -0.4 is 15.1 Å². The number of rotatable bonds is 4. The molecule has 148 valence electrons. The van der Waals surface area contributed by atoms with E-state index in [1.807, 2.05) is 6.07 Å². The van der Waals surface area contributed by atoms with Gasteiger partial charge in [0, 0.05) is 31.9 Å². The fourth-order valence-corrected chi connectivity index (χ4v) is 3.52. The number of hydrogen-bond acceptors (Lipinski definition) is 4. The third kappa shape index (κ3) is 4.37. The summed E-state index contributed by atoms with van der Waals surface area (Å²) in [7, 11) is 0. The lowest BCUT2D eigenvalue weighted by molar-refractivity contribution is 0.102. The van der Waals surface area contributed by atoms with E-state index in [1.165, 1.54) is 23.4 Å². The highest BCUT2D eigenvalue weighted by Crippen LogP contribution is 2.22. The van der Waals surface area contributed by atoms with Crippen LogP contribution in [0.25, 0.3) is 0 Å². The van der Waals surface area contributed by atoms with E-state index in [9.17, 15) is 9.18 Å². The number of aryl methyl sites for hydroxylation is 1. The summed E-state index contributed by atoms with van der Waals surface area (Å²) < 4.78 is 13.7. The number of amides is 1. The molecule has 1 amide bonds. The number of pyridine rings is 1. The summed E-state index contributed by atoms with van der Waals surface area (Å²) in [6, 6.07) is 18.2. The molecule has 0 saturated carbocycles. The van der Waals surface area contributed by atoms with Crippen LogP contribution in [0.4, 0.5) is 21.6 Å². The number of carbonyl (C=O) groups is 1. The van der Waals surface area contributed by atoms with Crippen molar-refractivity contribution in [2.24, 2.45) is 0 Å². The van der Waals surface area contributed by atoms with Crippen molar-refractivity contribution in [3.8, 4) is 0 Å². The van der Waals surface area contributed by atoms with Crippen molar-refractivity contribution in [1.82, 2.24) is 4.98 Å². The van der Waals surface area contributed by atoms with Crippen molar-refractivity contribution in [2.75, 3.05) is 41.3 Å². The molecular formula is C23H23FN4O. The minimum absolute atomic E-state index is 0.00523. The Morgan fingerprint density at radius 3 is 2.31 bits per heavy atom. The Bertz CT molecular complexity index is 998. The quantitative estimate of drug-likeness (QED) is 0.728. The van der Waals surface area contributed by atoms with E-state index in [1.54, 1.807) is 24.4 Å². The molecule has 1 aromatic heterocycles. The summed E-state index contributed by atoms with van der Waals surface area (Å²) in [5, 5.41) is 2.65. The highest BCUT2D eigenvalue weighted by atomic mass is 19.1. The molecule has 1 aliphatic rings. The van der Waals surface area contributed by atoms with Crippen LogP contribution in [0.1, 0.15) is 15.9 Å². The average Bonchev–Trinajstić information content (AvgIpc) is 2.75. The molecule has 5 nitrogen and oxygen atoms in total. The van der Waals surface area contributed by atoms with E-state index >= 15 is 0 Å². The Hall–Kier alpha value is -3.41. The second kappa shape index (κ2) is 8.31. The van der Waals surface area contributed by atoms with Gasteiger partial charge in [0.1, 0.15) is 11.6 Å². The van der Waals surface area contributed by atoms with Crippen LogP contribution in [0.3, 0.4) is 0 Å². The van der Waals surface area contributed by atoms with E-state index in [0.717, 1.165) is 31.9 Å². The van der Waals surface area contributed by atoms with Gasteiger partial charge >= 0.3 is 0 Å². The summed E-state index contributed by atoms with van der Waals surface area (Å²) in [5.74, 6) is -0.649. The van der Waals surface area contributed by atoms with Gasteiger partial charge in [0.25, 0.3) is 5.91 Å². The highest BCUT2D eigenvalue weighted by molar-refractivity contribution is 6.03. The maximum absolute atomic E-state index is 13.7. The summed E-state index contributed by atoms with van der Waals surface area (Å²) in [6.45, 7) is 5.79. The van der Waals surface area contributed by atoms with Crippen molar-refractivity contribution in [2.45, 2.75) is 6.92 Å². The van der Waals surface area contributed by atoms with Gasteiger partial charge in [-0.25, -0.2) is 9.37 Å². The van der Waals surface area contributed by atoms with E-state index in [4.69, 9.17) is 0 Å². The van der Waals surface area contributed by atoms with Gasteiger partial charge in [0.05, 0.1) is 17.4 Å². The van der Waals surface area contributed by atoms with Gasteiger partial charge in [0.2, 0.25) is 0 Å². The summed E-state index contributed by atoms with van der Waals surface area (Å²) in [5.41, 5.74) is 3.54. The Morgan fingerprint density at radius 1 is 0.931 bits per heavy atom. The van der Waals surface area contributed by atoms with E-state index in [2.05, 4.69) is 51.3 Å². The zero-order chi connectivity index (χ0) is 20.2. The fraction of sp³-hybridized carbons (Fsp3) is 0.217. The second-order valence-electron chi connectivity index (χ2n) is 7.15. The SMILES string of the molecule is Cc1cccc(N2CCN(c3ccc(NC(=O)c4ccccc4F)nc3)CC2)c1. The molecular weight excluding hydrogens is 367 g/mol. The van der Waals surface area contributed by atoms with Gasteiger partial charge < -0.3 is 15.1 Å². The molecule has 0 unspecified atom stereocenters. The molecule has 0 spiro atoms. The van der Waals surface area contributed by atoms with Crippen LogP contribution in [0.2, 0.25) is 0 Å². The Balaban J connectivity index is 1.36. The van der Waals surface area contributed by atoms with Gasteiger partial charge in [-0.1, -0.05) is 24.3 Å². The zero-order valence-electron chi connectivity index (χ0n) is 16.3. The molecule has 2 heterocycles. The van der Waals surface area contributed by atoms with E-state index in [0.29, 0.717) is 5.82 Å². The van der Waals surface area contributed by atoms with Crippen LogP contribution in [-0.2, 0) is 0 Å². The first kappa shape index (κ1) is 18.9. The third-order valence-corrected chi connectivity index (χ3v) is 5.12. The summed E-state index contributed by atoms with van der Waals surface area (Å²) >= 11 is 0. The average molecular weight is 390 g/mol. The van der Waals surface area contributed by atoms with Crippen molar-refractivity contribution in [3.63, 3.8) is 0 Å². The van der Waals surface area contributed by atoms with Gasteiger partial charge in [-0.15, -0.1) is 0 Å². The first-order valence-corrected chi connectivity index (χ1v) is 9.69. The first-order chi connectivity index (χ1) is 14.1. The van der Waals surface area contributed by atoms with Gasteiger partial charge in [-0.05, 0) is 48.9 Å². The monoisotopic (exact) mass is 390 g/mol. The lowest BCUT2D eigenvalue weighted by atomic mass is 10.2. The van der Waals surface area contributed by atoms with Crippen LogP contribution in [0.15, 0.2) is 66.9 Å². The predicted octanol–water partition coefficient (Wildman–Crippen LogP) is 4.11. The van der Waals surface area contributed by atoms with Gasteiger partial charge in [0.15, 0.2) is 0 Å². The zero-order valence-corrected chi connectivity index (χ0v) is 16.3. The minimum Gasteiger partial charge on any atom is -0.368 e. The normalized spacial score (nSPS) is 14.0. The van der Waals surface area contributed by atoms with Gasteiger partial charge in [-0.2, -0.15) is 0 Å². The second-order valence-corrected chi connectivity index (χ2v) is 7.15. The smallest absolute Gasteiger partial charge is 0.259 e. The number of piperazine rings is 1. The minimum atomic E-state index is -0.548. The number of nitrogens with one attached hydrogen (secondary N) is 1. The molecule has 1 N–H and O–H groups in total. The van der Waals surface area contributed by atoms with Crippen molar-refractivity contribution in [1.29, 1.82) is 0 Å². The molecule has 0 aliphatic carbocycles. The molecule has 0 atom stereocenters. The fourth-order valence-electron chi connectivity index (χ4n) is 3.52. The van der Waals surface area contributed by atoms with E-state index < -0.39 is 11.7 Å². The van der Waals surface area contributed by atoms with Crippen LogP contribution in [0, 0.1) is 12.7 Å². The lowest BCUT2D eigenvalue weighted by Gasteiger charge is -2.37. The molecule has 0 radical (unpaired) electrons. The number of halogens is 1. The third-order valence-electron chi connectivity index (χ3n) is 5.12. The molecule has 1 aliphatic heterocycles. The highest BCUT2D eigenvalue weighted by Gasteiger charge is 2.18. The van der Waals surface area contributed by atoms with Crippen LogP contribution in [0.5, 0.6) is 0 Å².